The van der Waals surface area contributed by atoms with Crippen molar-refractivity contribution in [3.8, 4) is 0 Å². The lowest BCUT2D eigenvalue weighted by molar-refractivity contribution is -0.136. The first-order chi connectivity index (χ1) is 8.36. The second-order valence-corrected chi connectivity index (χ2v) is 5.01. The van der Waals surface area contributed by atoms with Crippen LogP contribution in [0.15, 0.2) is 18.2 Å². The van der Waals surface area contributed by atoms with Gasteiger partial charge in [0, 0.05) is 17.9 Å². The van der Waals surface area contributed by atoms with Crippen LogP contribution in [0.2, 0.25) is 0 Å². The van der Waals surface area contributed by atoms with Gasteiger partial charge in [-0.3, -0.25) is 0 Å². The zero-order valence-corrected chi connectivity index (χ0v) is 10.3. The molecule has 1 aliphatic carbocycles. The van der Waals surface area contributed by atoms with Crippen LogP contribution < -0.4 is 11.1 Å². The first-order valence-corrected chi connectivity index (χ1v) is 6.07. The quantitative estimate of drug-likeness (QED) is 0.804. The molecule has 0 bridgehead atoms. The van der Waals surface area contributed by atoms with Crippen molar-refractivity contribution in [1.82, 2.24) is 0 Å². The molecule has 2 rings (SSSR count). The molecule has 0 heterocycles. The lowest BCUT2D eigenvalue weighted by Crippen LogP contribution is -2.15. The predicted octanol–water partition coefficient (Wildman–Crippen LogP) is 3.89. The molecular weight excluding hydrogens is 241 g/mol. The van der Waals surface area contributed by atoms with Gasteiger partial charge in [-0.15, -0.1) is 0 Å². The van der Waals surface area contributed by atoms with Gasteiger partial charge in [-0.1, -0.05) is 6.92 Å². The first kappa shape index (κ1) is 13.1. The largest absolute Gasteiger partial charge is 0.418 e. The van der Waals surface area contributed by atoms with Crippen LogP contribution in [-0.4, -0.2) is 6.54 Å². The average molecular weight is 258 g/mol. The number of nitrogens with one attached hydrogen (secondary N) is 1. The smallest absolute Gasteiger partial charge is 0.398 e. The molecule has 1 fully saturated rings. The maximum atomic E-state index is 12.7. The summed E-state index contributed by atoms with van der Waals surface area (Å²) in [6, 6.07) is 3.98. The number of rotatable bonds is 4. The standard InChI is InChI=1S/C13H17F3N2/c1-2-12(5-6-12)8-18-9-3-4-11(17)10(7-9)13(14,15)16/h3-4,7,18H,2,5-6,8,17H2,1H3. The number of anilines is 2. The minimum absolute atomic E-state index is 0.232. The van der Waals surface area contributed by atoms with E-state index in [-0.39, 0.29) is 5.69 Å². The van der Waals surface area contributed by atoms with Gasteiger partial charge in [0.05, 0.1) is 5.56 Å². The van der Waals surface area contributed by atoms with Gasteiger partial charge >= 0.3 is 6.18 Å². The fourth-order valence-corrected chi connectivity index (χ4v) is 2.03. The van der Waals surface area contributed by atoms with Crippen LogP contribution in [0, 0.1) is 5.41 Å². The van der Waals surface area contributed by atoms with Crippen LogP contribution >= 0.6 is 0 Å². The Morgan fingerprint density at radius 3 is 2.50 bits per heavy atom. The molecule has 0 spiro atoms. The molecule has 0 aromatic heterocycles. The van der Waals surface area contributed by atoms with Crippen LogP contribution in [0.5, 0.6) is 0 Å². The summed E-state index contributed by atoms with van der Waals surface area (Å²) >= 11 is 0. The van der Waals surface area contributed by atoms with E-state index in [1.807, 2.05) is 0 Å². The molecule has 100 valence electrons. The molecule has 0 amide bonds. The minimum atomic E-state index is -4.40. The first-order valence-electron chi connectivity index (χ1n) is 6.07. The van der Waals surface area contributed by atoms with Crippen molar-refractivity contribution in [1.29, 1.82) is 0 Å². The Kier molecular flexibility index (Phi) is 3.17. The number of nitrogens with two attached hydrogens (primary N) is 1. The van der Waals surface area contributed by atoms with E-state index in [9.17, 15) is 13.2 Å². The Labute approximate surface area is 104 Å². The number of alkyl halides is 3. The Morgan fingerprint density at radius 1 is 1.33 bits per heavy atom. The highest BCUT2D eigenvalue weighted by Gasteiger charge is 2.40. The normalized spacial score (nSPS) is 17.6. The average Bonchev–Trinajstić information content (AvgIpc) is 3.07. The number of benzene rings is 1. The van der Waals surface area contributed by atoms with E-state index >= 15 is 0 Å². The molecule has 1 saturated carbocycles. The highest BCUT2D eigenvalue weighted by atomic mass is 19.4. The van der Waals surface area contributed by atoms with E-state index in [0.29, 0.717) is 11.1 Å². The van der Waals surface area contributed by atoms with Gasteiger partial charge in [-0.05, 0) is 42.9 Å². The van der Waals surface area contributed by atoms with E-state index < -0.39 is 11.7 Å². The third kappa shape index (κ3) is 2.71. The molecule has 2 nitrogen and oxygen atoms in total. The van der Waals surface area contributed by atoms with Gasteiger partial charge in [0.2, 0.25) is 0 Å². The predicted molar refractivity (Wildman–Crippen MR) is 66.3 cm³/mol. The molecule has 0 unspecified atom stereocenters. The van der Waals surface area contributed by atoms with Gasteiger partial charge in [-0.2, -0.15) is 13.2 Å². The van der Waals surface area contributed by atoms with Gasteiger partial charge in [0.25, 0.3) is 0 Å². The SMILES string of the molecule is CCC1(CNc2ccc(N)c(C(F)(F)F)c2)CC1. The molecule has 5 heteroatoms. The Hall–Kier alpha value is -1.39. The van der Waals surface area contributed by atoms with E-state index in [0.717, 1.165) is 31.9 Å². The molecule has 1 aromatic carbocycles. The molecule has 18 heavy (non-hydrogen) atoms. The van der Waals surface area contributed by atoms with Crippen molar-refractivity contribution >= 4 is 11.4 Å². The highest BCUT2D eigenvalue weighted by molar-refractivity contribution is 5.58. The minimum Gasteiger partial charge on any atom is -0.398 e. The summed E-state index contributed by atoms with van der Waals surface area (Å²) in [4.78, 5) is 0. The highest BCUT2D eigenvalue weighted by Crippen LogP contribution is 2.48. The van der Waals surface area contributed by atoms with Crippen molar-refractivity contribution in [3.63, 3.8) is 0 Å². The number of halogens is 3. The molecule has 0 atom stereocenters. The second-order valence-electron chi connectivity index (χ2n) is 5.01. The summed E-state index contributed by atoms with van der Waals surface area (Å²) in [6.45, 7) is 2.84. The molecule has 0 saturated heterocycles. The third-order valence-electron chi connectivity index (χ3n) is 3.73. The van der Waals surface area contributed by atoms with Gasteiger partial charge < -0.3 is 11.1 Å². The second kappa shape index (κ2) is 4.37. The fraction of sp³-hybridized carbons (Fsp3) is 0.538. The van der Waals surface area contributed by atoms with Crippen molar-refractivity contribution in [2.24, 2.45) is 5.41 Å². The van der Waals surface area contributed by atoms with Crippen LogP contribution in [0.3, 0.4) is 0 Å². The van der Waals surface area contributed by atoms with Crippen LogP contribution in [-0.2, 0) is 6.18 Å². The Balaban J connectivity index is 2.10. The van der Waals surface area contributed by atoms with E-state index in [4.69, 9.17) is 5.73 Å². The topological polar surface area (TPSA) is 38.0 Å². The number of hydrogen-bond donors (Lipinski definition) is 2. The monoisotopic (exact) mass is 258 g/mol. The van der Waals surface area contributed by atoms with Gasteiger partial charge in [0.15, 0.2) is 0 Å². The van der Waals surface area contributed by atoms with Crippen molar-refractivity contribution in [3.05, 3.63) is 23.8 Å². The van der Waals surface area contributed by atoms with Crippen LogP contribution in [0.1, 0.15) is 31.7 Å². The maximum absolute atomic E-state index is 12.7. The summed E-state index contributed by atoms with van der Waals surface area (Å²) < 4.78 is 38.0. The fourth-order valence-electron chi connectivity index (χ4n) is 2.03. The van der Waals surface area contributed by atoms with E-state index in [1.54, 1.807) is 6.07 Å². The van der Waals surface area contributed by atoms with E-state index in [1.165, 1.54) is 6.07 Å². The Morgan fingerprint density at radius 2 is 2.00 bits per heavy atom. The van der Waals surface area contributed by atoms with Crippen molar-refractivity contribution in [2.45, 2.75) is 32.4 Å². The molecule has 3 N–H and O–H groups in total. The summed E-state index contributed by atoms with van der Waals surface area (Å²) in [7, 11) is 0. The third-order valence-corrected chi connectivity index (χ3v) is 3.73. The summed E-state index contributed by atoms with van der Waals surface area (Å²) in [5.74, 6) is 0. The molecule has 0 radical (unpaired) electrons. The lowest BCUT2D eigenvalue weighted by Gasteiger charge is -2.16. The molecular formula is C13H17F3N2. The zero-order chi connectivity index (χ0) is 13.4. The molecule has 0 aliphatic heterocycles. The summed E-state index contributed by atoms with van der Waals surface area (Å²) in [5, 5.41) is 3.08. The van der Waals surface area contributed by atoms with E-state index in [2.05, 4.69) is 12.2 Å². The maximum Gasteiger partial charge on any atom is 0.418 e. The summed E-state index contributed by atoms with van der Waals surface area (Å²) in [6.07, 6.45) is -1.04. The molecule has 1 aromatic rings. The lowest BCUT2D eigenvalue weighted by atomic mass is 10.0. The molecule has 1 aliphatic rings. The van der Waals surface area contributed by atoms with Crippen LogP contribution in [0.25, 0.3) is 0 Å². The number of hydrogen-bond acceptors (Lipinski definition) is 2. The zero-order valence-electron chi connectivity index (χ0n) is 10.3. The number of nitrogen functional groups attached to an aromatic ring is 1. The van der Waals surface area contributed by atoms with Crippen molar-refractivity contribution in [2.75, 3.05) is 17.6 Å². The van der Waals surface area contributed by atoms with Crippen molar-refractivity contribution < 1.29 is 13.2 Å². The van der Waals surface area contributed by atoms with Gasteiger partial charge in [0.1, 0.15) is 0 Å². The Bertz CT molecular complexity index is 436. The van der Waals surface area contributed by atoms with Gasteiger partial charge in [-0.25, -0.2) is 0 Å². The van der Waals surface area contributed by atoms with Crippen LogP contribution in [0.4, 0.5) is 24.5 Å². The summed E-state index contributed by atoms with van der Waals surface area (Å²) in [5.41, 5.74) is 5.12.